The Bertz CT molecular complexity index is 823. The standard InChI is InChI=1S/C19H24N4O/c1-11-17-15(19(24)23-9-13-4-3-5-14(13)10-23)8-16(12-6-7-12)20-18(17)22(2)21-11/h8,12-14H,3-7,9-10H2,1-2H3/t13-,14-/m0/s1. The highest BCUT2D eigenvalue weighted by Gasteiger charge is 2.39. The van der Waals surface area contributed by atoms with Gasteiger partial charge in [0.2, 0.25) is 0 Å². The number of carbonyl (C=O) groups excluding carboxylic acids is 1. The molecule has 0 bridgehead atoms. The first-order valence-corrected chi connectivity index (χ1v) is 9.25. The summed E-state index contributed by atoms with van der Waals surface area (Å²) in [5.41, 5.74) is 3.67. The average molecular weight is 324 g/mol. The van der Waals surface area contributed by atoms with E-state index in [1.54, 1.807) is 0 Å². The Morgan fingerprint density at radius 2 is 1.88 bits per heavy atom. The molecule has 1 amide bonds. The second-order valence-electron chi connectivity index (χ2n) is 7.94. The molecule has 0 unspecified atom stereocenters. The Kier molecular flexibility index (Phi) is 3.03. The summed E-state index contributed by atoms with van der Waals surface area (Å²) in [6.45, 7) is 3.85. The van der Waals surface area contributed by atoms with Crippen molar-refractivity contribution in [3.63, 3.8) is 0 Å². The molecule has 5 nitrogen and oxygen atoms in total. The van der Waals surface area contributed by atoms with E-state index in [1.807, 2.05) is 18.7 Å². The lowest BCUT2D eigenvalue weighted by atomic mass is 10.0. The van der Waals surface area contributed by atoms with Gasteiger partial charge < -0.3 is 4.90 Å². The van der Waals surface area contributed by atoms with Crippen LogP contribution in [0.4, 0.5) is 0 Å². The summed E-state index contributed by atoms with van der Waals surface area (Å²) in [7, 11) is 1.92. The zero-order chi connectivity index (χ0) is 16.4. The fraction of sp³-hybridized carbons (Fsp3) is 0.632. The molecule has 2 aromatic heterocycles. The van der Waals surface area contributed by atoms with Crippen LogP contribution in [0, 0.1) is 18.8 Å². The molecule has 5 rings (SSSR count). The summed E-state index contributed by atoms with van der Waals surface area (Å²) in [6.07, 6.45) is 6.30. The molecule has 24 heavy (non-hydrogen) atoms. The van der Waals surface area contributed by atoms with Crippen LogP contribution in [0.25, 0.3) is 11.0 Å². The lowest BCUT2D eigenvalue weighted by molar-refractivity contribution is 0.0782. The van der Waals surface area contributed by atoms with Crippen molar-refractivity contribution < 1.29 is 4.79 Å². The van der Waals surface area contributed by atoms with Gasteiger partial charge in [-0.1, -0.05) is 6.42 Å². The molecule has 2 aliphatic carbocycles. The van der Waals surface area contributed by atoms with E-state index in [4.69, 9.17) is 4.98 Å². The smallest absolute Gasteiger partial charge is 0.254 e. The Morgan fingerprint density at radius 1 is 1.17 bits per heavy atom. The number of hydrogen-bond donors (Lipinski definition) is 0. The second-order valence-corrected chi connectivity index (χ2v) is 7.94. The molecule has 3 aliphatic rings. The number of rotatable bonds is 2. The minimum atomic E-state index is 0.190. The van der Waals surface area contributed by atoms with E-state index in [9.17, 15) is 4.79 Å². The second kappa shape index (κ2) is 5.04. The van der Waals surface area contributed by atoms with Crippen LogP contribution in [0.2, 0.25) is 0 Å². The number of aryl methyl sites for hydroxylation is 2. The number of nitrogens with zero attached hydrogens (tertiary/aromatic N) is 4. The number of carbonyl (C=O) groups is 1. The Balaban J connectivity index is 1.58. The Hall–Kier alpha value is -1.91. The van der Waals surface area contributed by atoms with Gasteiger partial charge >= 0.3 is 0 Å². The highest BCUT2D eigenvalue weighted by molar-refractivity contribution is 6.06. The largest absolute Gasteiger partial charge is 0.338 e. The van der Waals surface area contributed by atoms with Gasteiger partial charge in [0.25, 0.3) is 5.91 Å². The zero-order valence-electron chi connectivity index (χ0n) is 14.5. The van der Waals surface area contributed by atoms with Gasteiger partial charge in [0.1, 0.15) is 0 Å². The van der Waals surface area contributed by atoms with Gasteiger partial charge in [-0.25, -0.2) is 4.98 Å². The zero-order valence-corrected chi connectivity index (χ0v) is 14.5. The first kappa shape index (κ1) is 14.4. The van der Waals surface area contributed by atoms with E-state index in [1.165, 1.54) is 32.1 Å². The summed E-state index contributed by atoms with van der Waals surface area (Å²) in [5, 5.41) is 5.47. The van der Waals surface area contributed by atoms with E-state index in [2.05, 4.69) is 16.1 Å². The molecule has 0 radical (unpaired) electrons. The molecule has 1 aliphatic heterocycles. The molecular formula is C19H24N4O. The highest BCUT2D eigenvalue weighted by atomic mass is 16.2. The van der Waals surface area contributed by atoms with Gasteiger partial charge in [-0.3, -0.25) is 9.48 Å². The van der Waals surface area contributed by atoms with Crippen molar-refractivity contribution in [1.82, 2.24) is 19.7 Å². The molecule has 5 heteroatoms. The van der Waals surface area contributed by atoms with Crippen LogP contribution in [0.5, 0.6) is 0 Å². The van der Waals surface area contributed by atoms with Gasteiger partial charge in [-0.2, -0.15) is 5.10 Å². The van der Waals surface area contributed by atoms with Crippen molar-refractivity contribution >= 4 is 16.9 Å². The number of likely N-dealkylation sites (tertiary alicyclic amines) is 1. The number of aromatic nitrogens is 3. The quantitative estimate of drug-likeness (QED) is 0.853. The third-order valence-electron chi connectivity index (χ3n) is 6.23. The first-order chi connectivity index (χ1) is 11.6. The van der Waals surface area contributed by atoms with Crippen LogP contribution in [-0.2, 0) is 7.05 Å². The van der Waals surface area contributed by atoms with Crippen molar-refractivity contribution in [1.29, 1.82) is 0 Å². The van der Waals surface area contributed by atoms with E-state index >= 15 is 0 Å². The molecule has 2 atom stereocenters. The number of hydrogen-bond acceptors (Lipinski definition) is 3. The van der Waals surface area contributed by atoms with Gasteiger partial charge in [0.05, 0.1) is 16.6 Å². The molecule has 3 fully saturated rings. The third kappa shape index (κ3) is 2.10. The van der Waals surface area contributed by atoms with Crippen molar-refractivity contribution in [2.24, 2.45) is 18.9 Å². The van der Waals surface area contributed by atoms with Crippen molar-refractivity contribution in [3.05, 3.63) is 23.0 Å². The molecule has 126 valence electrons. The summed E-state index contributed by atoms with van der Waals surface area (Å²) in [5.74, 6) is 2.18. The van der Waals surface area contributed by atoms with E-state index < -0.39 is 0 Å². The normalized spacial score (nSPS) is 26.3. The fourth-order valence-corrected chi connectivity index (χ4v) is 4.79. The molecule has 3 heterocycles. The van der Waals surface area contributed by atoms with Crippen LogP contribution < -0.4 is 0 Å². The minimum absolute atomic E-state index is 0.190. The molecule has 0 aromatic carbocycles. The molecule has 1 saturated heterocycles. The highest BCUT2D eigenvalue weighted by Crippen LogP contribution is 2.42. The Labute approximate surface area is 142 Å². The topological polar surface area (TPSA) is 51.0 Å². The van der Waals surface area contributed by atoms with Crippen molar-refractivity contribution in [2.45, 2.75) is 44.9 Å². The lowest BCUT2D eigenvalue weighted by Crippen LogP contribution is -2.30. The number of pyridine rings is 1. The first-order valence-electron chi connectivity index (χ1n) is 9.25. The van der Waals surface area contributed by atoms with Gasteiger partial charge in [-0.05, 0) is 50.5 Å². The monoisotopic (exact) mass is 324 g/mol. The third-order valence-corrected chi connectivity index (χ3v) is 6.23. The number of amides is 1. The molecule has 0 N–H and O–H groups in total. The van der Waals surface area contributed by atoms with E-state index in [0.29, 0.717) is 5.92 Å². The van der Waals surface area contributed by atoms with E-state index in [-0.39, 0.29) is 5.91 Å². The lowest BCUT2D eigenvalue weighted by Gasteiger charge is -2.18. The molecule has 0 spiro atoms. The summed E-state index contributed by atoms with van der Waals surface area (Å²) >= 11 is 0. The van der Waals surface area contributed by atoms with E-state index in [0.717, 1.165) is 52.9 Å². The van der Waals surface area contributed by atoms with Gasteiger partial charge in [0, 0.05) is 31.7 Å². The minimum Gasteiger partial charge on any atom is -0.338 e. The van der Waals surface area contributed by atoms with Crippen LogP contribution in [0.3, 0.4) is 0 Å². The summed E-state index contributed by atoms with van der Waals surface area (Å²) in [6, 6.07) is 2.06. The molecule has 2 aromatic rings. The molecular weight excluding hydrogens is 300 g/mol. The van der Waals surface area contributed by atoms with Crippen molar-refractivity contribution in [2.75, 3.05) is 13.1 Å². The SMILES string of the molecule is Cc1nn(C)c2nc(C3CC3)cc(C(=O)N3C[C@@H]4CCC[C@H]4C3)c12. The maximum atomic E-state index is 13.3. The van der Waals surface area contributed by atoms with Crippen LogP contribution in [0.1, 0.15) is 59.8 Å². The maximum absolute atomic E-state index is 13.3. The van der Waals surface area contributed by atoms with Crippen molar-refractivity contribution in [3.8, 4) is 0 Å². The van der Waals surface area contributed by atoms with Crippen LogP contribution in [0.15, 0.2) is 6.07 Å². The van der Waals surface area contributed by atoms with Gasteiger partial charge in [0.15, 0.2) is 5.65 Å². The predicted octanol–water partition coefficient (Wildman–Crippen LogP) is 3.03. The summed E-state index contributed by atoms with van der Waals surface area (Å²) < 4.78 is 1.83. The average Bonchev–Trinajstić information content (AvgIpc) is 3.09. The Morgan fingerprint density at radius 3 is 2.54 bits per heavy atom. The maximum Gasteiger partial charge on any atom is 0.254 e. The van der Waals surface area contributed by atoms with Crippen LogP contribution >= 0.6 is 0 Å². The fourth-order valence-electron chi connectivity index (χ4n) is 4.79. The predicted molar refractivity (Wildman–Crippen MR) is 92.0 cm³/mol. The summed E-state index contributed by atoms with van der Waals surface area (Å²) in [4.78, 5) is 20.2. The van der Waals surface area contributed by atoms with Gasteiger partial charge in [-0.15, -0.1) is 0 Å². The van der Waals surface area contributed by atoms with Crippen LogP contribution in [-0.4, -0.2) is 38.7 Å². The molecule has 2 saturated carbocycles. The number of fused-ring (bicyclic) bond motifs is 2.